The highest BCUT2D eigenvalue weighted by Crippen LogP contribution is 2.31. The number of ketones is 1. The number of aromatic nitrogens is 2. The van der Waals surface area contributed by atoms with Crippen LogP contribution in [-0.4, -0.2) is 140 Å². The van der Waals surface area contributed by atoms with Crippen molar-refractivity contribution in [2.75, 3.05) is 25.1 Å². The van der Waals surface area contributed by atoms with Crippen molar-refractivity contribution >= 4 is 86.6 Å². The number of unbranched alkanes of at least 4 members (excludes halogenated alkanes) is 1. The number of nitrogens with one attached hydrogen (secondary N) is 8. The number of carbonyl (C=O) groups is 9. The first kappa shape index (κ1) is 68.8. The van der Waals surface area contributed by atoms with Crippen molar-refractivity contribution in [1.82, 2.24) is 46.8 Å². The molecule has 23 heteroatoms. The van der Waals surface area contributed by atoms with Gasteiger partial charge in [-0.3, -0.25) is 43.2 Å². The van der Waals surface area contributed by atoms with Gasteiger partial charge in [0.15, 0.2) is 5.78 Å². The molecule has 93 heavy (non-hydrogen) atoms. The summed E-state index contributed by atoms with van der Waals surface area (Å²) < 4.78 is 0. The first-order valence-corrected chi connectivity index (χ1v) is 32.2. The SMILES string of the molecule is CSCC[C@H](NC(=O)CN)C(=O)N[C@@H](C)C(=O)N(C(C(=O)c1ccccc1)c1ccccc1)[C@@H](Cc1ccc(O)cc1)C(=O)N[C@H](Cc1c[nH]c2ccccc12)C(=O)N[C@H](CCCCN)C(=O)N[C@@H](Cc1c[nH]c2ccccc12)C(=O)N[C@H](Cc1ccccc1)C(N)=O. The summed E-state index contributed by atoms with van der Waals surface area (Å²) in [4.78, 5) is 140. The summed E-state index contributed by atoms with van der Waals surface area (Å²) in [7, 11) is 0. The standard InChI is InChI=1S/C70H80N12O10S/c1-43(76-65(87)56(33-35-93-2)77-61(84)40-72)70(92)82(62(46-20-8-4-9-21-46)63(85)47-22-10-5-11-23-47)60(37-45-29-31-50(83)32-30-45)69(91)81-59(39-49-42-75-54-27-15-13-25-52(49)54)67(89)78-55(28-16-17-34-71)66(88)80-58(38-48-41-74-53-26-14-12-24-51(48)53)68(90)79-57(64(73)86)36-44-18-6-3-7-19-44/h3-15,18-27,29-32,41-43,55-60,62,74-75,83H,16-17,28,33-40,71-72H2,1-2H3,(H2,73,86)(H,76,87)(H,77,84)(H,78,89)(H,79,90)(H,80,88)(H,81,91)/t43-,55+,56-,57+,58-,59+,60-,62?/m0/s1. The number of nitrogens with two attached hydrogens (primary N) is 3. The summed E-state index contributed by atoms with van der Waals surface area (Å²) in [5, 5.41) is 28.9. The maximum Gasteiger partial charge on any atom is 0.246 e. The summed E-state index contributed by atoms with van der Waals surface area (Å²) >= 11 is 1.43. The molecule has 2 aromatic heterocycles. The number of thioether (sulfide) groups is 1. The first-order valence-electron chi connectivity index (χ1n) is 30.8. The Morgan fingerprint density at radius 1 is 0.516 bits per heavy atom. The van der Waals surface area contributed by atoms with Crippen LogP contribution in [0.5, 0.6) is 5.75 Å². The molecule has 0 saturated carbocycles. The molecule has 8 rings (SSSR count). The van der Waals surface area contributed by atoms with Gasteiger partial charge in [0.1, 0.15) is 54.1 Å². The fourth-order valence-corrected chi connectivity index (χ4v) is 11.7. The van der Waals surface area contributed by atoms with Crippen molar-refractivity contribution in [2.45, 2.75) is 107 Å². The second-order valence-corrected chi connectivity index (χ2v) is 23.7. The molecule has 0 aliphatic heterocycles. The number of benzene rings is 6. The number of hydrogen-bond donors (Lipinski definition) is 12. The van der Waals surface area contributed by atoms with Crippen molar-refractivity contribution in [3.63, 3.8) is 0 Å². The van der Waals surface area contributed by atoms with Gasteiger partial charge in [0, 0.05) is 65.4 Å². The van der Waals surface area contributed by atoms with E-state index in [4.69, 9.17) is 17.2 Å². The molecule has 0 aliphatic rings. The molecule has 15 N–H and O–H groups in total. The van der Waals surface area contributed by atoms with Crippen LogP contribution in [-0.2, 0) is 64.0 Å². The first-order chi connectivity index (χ1) is 45.0. The van der Waals surface area contributed by atoms with Crippen molar-refractivity contribution in [3.05, 3.63) is 210 Å². The number of aromatic amines is 2. The van der Waals surface area contributed by atoms with E-state index in [0.29, 0.717) is 46.2 Å². The second-order valence-electron chi connectivity index (χ2n) is 22.8. The van der Waals surface area contributed by atoms with Gasteiger partial charge in [-0.2, -0.15) is 11.8 Å². The number of H-pyrrole nitrogens is 2. The van der Waals surface area contributed by atoms with Gasteiger partial charge in [-0.15, -0.1) is 0 Å². The Bertz CT molecular complexity index is 3850. The van der Waals surface area contributed by atoms with Crippen LogP contribution in [0.1, 0.15) is 76.8 Å². The minimum absolute atomic E-state index is 0.00558. The van der Waals surface area contributed by atoms with E-state index in [9.17, 15) is 24.3 Å². The number of amides is 8. The smallest absolute Gasteiger partial charge is 0.246 e. The predicted molar refractivity (Wildman–Crippen MR) is 358 cm³/mol. The summed E-state index contributed by atoms with van der Waals surface area (Å²) in [5.41, 5.74) is 21.8. The Morgan fingerprint density at radius 2 is 1.00 bits per heavy atom. The average molecular weight is 1280 g/mol. The summed E-state index contributed by atoms with van der Waals surface area (Å²) in [6.45, 7) is 1.22. The molecule has 0 spiro atoms. The largest absolute Gasteiger partial charge is 0.508 e. The van der Waals surface area contributed by atoms with E-state index in [1.807, 2.05) is 60.9 Å². The average Bonchev–Trinajstić information content (AvgIpc) is 1.37. The molecule has 8 aromatic rings. The molecular weight excluding hydrogens is 1200 g/mol. The van der Waals surface area contributed by atoms with E-state index in [-0.39, 0.29) is 61.9 Å². The van der Waals surface area contributed by atoms with Gasteiger partial charge in [-0.25, -0.2) is 0 Å². The number of phenols is 1. The fraction of sp³-hybridized carbons (Fsp3) is 0.300. The van der Waals surface area contributed by atoms with Gasteiger partial charge in [0.05, 0.1) is 6.54 Å². The van der Waals surface area contributed by atoms with Crippen LogP contribution < -0.4 is 49.1 Å². The van der Waals surface area contributed by atoms with E-state index in [0.717, 1.165) is 21.4 Å². The van der Waals surface area contributed by atoms with Crippen LogP contribution in [0.3, 0.4) is 0 Å². The summed E-state index contributed by atoms with van der Waals surface area (Å²) in [5.74, 6) is -6.64. The van der Waals surface area contributed by atoms with Gasteiger partial charge in [-0.1, -0.05) is 140 Å². The van der Waals surface area contributed by atoms with Gasteiger partial charge in [0.2, 0.25) is 47.3 Å². The van der Waals surface area contributed by atoms with Crippen LogP contribution in [0.2, 0.25) is 0 Å². The minimum atomic E-state index is -1.71. The third-order valence-electron chi connectivity index (χ3n) is 16.1. The Hall–Kier alpha value is -10.1. The normalized spacial score (nSPS) is 13.8. The molecule has 22 nitrogen and oxygen atoms in total. The monoisotopic (exact) mass is 1280 g/mol. The lowest BCUT2D eigenvalue weighted by atomic mass is 9.91. The molecule has 6 aromatic carbocycles. The molecule has 2 heterocycles. The number of carbonyl (C=O) groups excluding carboxylic acids is 9. The van der Waals surface area contributed by atoms with Crippen molar-refractivity contribution in [2.24, 2.45) is 17.2 Å². The van der Waals surface area contributed by atoms with E-state index < -0.39 is 108 Å². The number of rotatable bonds is 34. The Balaban J connectivity index is 1.20. The second kappa shape index (κ2) is 33.8. The lowest BCUT2D eigenvalue weighted by Gasteiger charge is -2.39. The maximum atomic E-state index is 16.2. The number of fused-ring (bicyclic) bond motifs is 2. The molecular formula is C70H80N12O10S. The number of para-hydroxylation sites is 2. The molecule has 0 radical (unpaired) electrons. The third kappa shape index (κ3) is 18.8. The summed E-state index contributed by atoms with van der Waals surface area (Å²) in [6.07, 6.45) is 5.61. The minimum Gasteiger partial charge on any atom is -0.508 e. The number of aromatic hydroxyl groups is 1. The zero-order chi connectivity index (χ0) is 66.4. The topological polar surface area (TPSA) is 359 Å². The third-order valence-corrected chi connectivity index (χ3v) is 16.8. The zero-order valence-corrected chi connectivity index (χ0v) is 52.7. The van der Waals surface area contributed by atoms with Crippen LogP contribution >= 0.6 is 11.8 Å². The lowest BCUT2D eigenvalue weighted by Crippen LogP contribution is -2.62. The zero-order valence-electron chi connectivity index (χ0n) is 51.8. The highest BCUT2D eigenvalue weighted by atomic mass is 32.2. The quantitative estimate of drug-likeness (QED) is 0.0192. The molecule has 486 valence electrons. The number of primary amides is 1. The molecule has 0 aliphatic carbocycles. The van der Waals surface area contributed by atoms with Gasteiger partial charge >= 0.3 is 0 Å². The maximum absolute atomic E-state index is 16.2. The number of nitrogens with zero attached hydrogens (tertiary/aromatic N) is 1. The predicted octanol–water partition coefficient (Wildman–Crippen LogP) is 4.70. The van der Waals surface area contributed by atoms with Crippen molar-refractivity contribution in [3.8, 4) is 5.75 Å². The van der Waals surface area contributed by atoms with Crippen LogP contribution in [0.25, 0.3) is 21.8 Å². The fourth-order valence-electron chi connectivity index (χ4n) is 11.2. The van der Waals surface area contributed by atoms with Crippen LogP contribution in [0, 0.1) is 0 Å². The van der Waals surface area contributed by atoms with Crippen LogP contribution in [0.15, 0.2) is 176 Å². The van der Waals surface area contributed by atoms with E-state index >= 15 is 24.0 Å². The number of hydrogen-bond acceptors (Lipinski definition) is 13. The van der Waals surface area contributed by atoms with E-state index in [1.54, 1.807) is 109 Å². The molecule has 8 atom stereocenters. The molecule has 8 amide bonds. The summed E-state index contributed by atoms with van der Waals surface area (Å²) in [6, 6.07) is 34.7. The Labute approximate surface area is 543 Å². The highest BCUT2D eigenvalue weighted by Gasteiger charge is 2.44. The molecule has 0 saturated heterocycles. The van der Waals surface area contributed by atoms with E-state index in [1.165, 1.54) is 30.8 Å². The molecule has 1 unspecified atom stereocenters. The van der Waals surface area contributed by atoms with Gasteiger partial charge < -0.3 is 69.1 Å². The number of Topliss-reactive ketones (excluding diaryl/α,β-unsaturated/α-hetero) is 1. The lowest BCUT2D eigenvalue weighted by molar-refractivity contribution is -0.145. The van der Waals surface area contributed by atoms with Crippen molar-refractivity contribution in [1.29, 1.82) is 0 Å². The number of phenolic OH excluding ortho intramolecular Hbond substituents is 1. The molecule has 0 bridgehead atoms. The highest BCUT2D eigenvalue weighted by molar-refractivity contribution is 7.98. The van der Waals surface area contributed by atoms with Gasteiger partial charge in [-0.05, 0) is 103 Å². The van der Waals surface area contributed by atoms with Gasteiger partial charge in [0.25, 0.3) is 0 Å². The van der Waals surface area contributed by atoms with Crippen LogP contribution in [0.4, 0.5) is 0 Å². The molecule has 0 fully saturated rings. The van der Waals surface area contributed by atoms with Crippen molar-refractivity contribution < 1.29 is 48.3 Å². The van der Waals surface area contributed by atoms with E-state index in [2.05, 4.69) is 41.9 Å². The Morgan fingerprint density at radius 3 is 1.56 bits per heavy atom. The Kier molecular flexibility index (Phi) is 25.0.